The van der Waals surface area contributed by atoms with E-state index in [0.29, 0.717) is 12.5 Å². The topological polar surface area (TPSA) is 67.4 Å². The van der Waals surface area contributed by atoms with Gasteiger partial charge in [-0.15, -0.1) is 0 Å². The van der Waals surface area contributed by atoms with Crippen LogP contribution in [0.15, 0.2) is 0 Å². The lowest BCUT2D eigenvalue weighted by Gasteiger charge is -2.25. The van der Waals surface area contributed by atoms with Crippen molar-refractivity contribution >= 4 is 11.9 Å². The van der Waals surface area contributed by atoms with Gasteiger partial charge in [-0.2, -0.15) is 0 Å². The van der Waals surface area contributed by atoms with Gasteiger partial charge in [-0.1, -0.05) is 0 Å². The van der Waals surface area contributed by atoms with Crippen molar-refractivity contribution in [2.45, 2.75) is 32.7 Å². The van der Waals surface area contributed by atoms with Gasteiger partial charge in [0.05, 0.1) is 12.5 Å². The standard InChI is InChI=1S/C12H22N2O3/c1-12(2,11(16)13-3)7-14-9(8-5-6-8)10(15)17-4/h8-9,14H,5-7H2,1-4H3,(H,13,16). The van der Waals surface area contributed by atoms with Crippen molar-refractivity contribution in [3.05, 3.63) is 0 Å². The summed E-state index contributed by atoms with van der Waals surface area (Å²) >= 11 is 0. The van der Waals surface area contributed by atoms with E-state index in [1.807, 2.05) is 13.8 Å². The van der Waals surface area contributed by atoms with Crippen LogP contribution in [0.3, 0.4) is 0 Å². The van der Waals surface area contributed by atoms with Crippen LogP contribution in [0.4, 0.5) is 0 Å². The molecule has 1 fully saturated rings. The van der Waals surface area contributed by atoms with Crippen LogP contribution in [0.25, 0.3) is 0 Å². The lowest BCUT2D eigenvalue weighted by atomic mass is 9.91. The largest absolute Gasteiger partial charge is 0.468 e. The van der Waals surface area contributed by atoms with Crippen molar-refractivity contribution in [1.29, 1.82) is 0 Å². The summed E-state index contributed by atoms with van der Waals surface area (Å²) in [5.41, 5.74) is -0.532. The average molecular weight is 242 g/mol. The molecule has 1 atom stereocenters. The maximum atomic E-state index is 11.6. The number of ether oxygens (including phenoxy) is 1. The molecule has 1 amide bonds. The zero-order chi connectivity index (χ0) is 13.1. The fourth-order valence-corrected chi connectivity index (χ4v) is 1.78. The minimum Gasteiger partial charge on any atom is -0.468 e. The van der Waals surface area contributed by atoms with E-state index in [0.717, 1.165) is 12.8 Å². The maximum absolute atomic E-state index is 11.6. The summed E-state index contributed by atoms with van der Waals surface area (Å²) < 4.78 is 4.76. The molecule has 0 radical (unpaired) electrons. The van der Waals surface area contributed by atoms with Gasteiger partial charge in [0.1, 0.15) is 6.04 Å². The zero-order valence-corrected chi connectivity index (χ0v) is 11.0. The Morgan fingerprint density at radius 1 is 1.41 bits per heavy atom. The molecule has 0 heterocycles. The van der Waals surface area contributed by atoms with E-state index in [-0.39, 0.29) is 17.9 Å². The van der Waals surface area contributed by atoms with Crippen molar-refractivity contribution in [3.63, 3.8) is 0 Å². The van der Waals surface area contributed by atoms with Crippen LogP contribution in [0.2, 0.25) is 0 Å². The third-order valence-corrected chi connectivity index (χ3v) is 3.15. The summed E-state index contributed by atoms with van der Waals surface area (Å²) in [5.74, 6) is 0.0903. The third kappa shape index (κ3) is 3.70. The fourth-order valence-electron chi connectivity index (χ4n) is 1.78. The number of rotatable bonds is 6. The Morgan fingerprint density at radius 2 is 2.00 bits per heavy atom. The van der Waals surface area contributed by atoms with Crippen LogP contribution < -0.4 is 10.6 Å². The average Bonchev–Trinajstić information content (AvgIpc) is 3.11. The highest BCUT2D eigenvalue weighted by molar-refractivity contribution is 5.82. The molecule has 0 saturated heterocycles. The zero-order valence-electron chi connectivity index (χ0n) is 11.0. The number of carbonyl (C=O) groups excluding carboxylic acids is 2. The summed E-state index contributed by atoms with van der Waals surface area (Å²) in [5, 5.41) is 5.77. The van der Waals surface area contributed by atoms with Crippen molar-refractivity contribution in [1.82, 2.24) is 10.6 Å². The van der Waals surface area contributed by atoms with E-state index in [9.17, 15) is 9.59 Å². The van der Waals surface area contributed by atoms with Gasteiger partial charge in [0.2, 0.25) is 5.91 Å². The molecule has 1 unspecified atom stereocenters. The molecule has 0 spiro atoms. The molecule has 1 aliphatic carbocycles. The number of esters is 1. The number of carbonyl (C=O) groups is 2. The SMILES string of the molecule is CNC(=O)C(C)(C)CNC(C(=O)OC)C1CC1. The number of hydrogen-bond donors (Lipinski definition) is 2. The van der Waals surface area contributed by atoms with Gasteiger partial charge in [-0.3, -0.25) is 9.59 Å². The molecular weight excluding hydrogens is 220 g/mol. The Hall–Kier alpha value is -1.10. The molecule has 0 aliphatic heterocycles. The molecule has 5 nitrogen and oxygen atoms in total. The highest BCUT2D eigenvalue weighted by Gasteiger charge is 2.38. The van der Waals surface area contributed by atoms with Gasteiger partial charge in [-0.05, 0) is 32.6 Å². The van der Waals surface area contributed by atoms with Gasteiger partial charge in [-0.25, -0.2) is 0 Å². The molecule has 1 aliphatic rings. The predicted octanol–water partition coefficient (Wildman–Crippen LogP) is 0.300. The van der Waals surface area contributed by atoms with E-state index in [2.05, 4.69) is 10.6 Å². The third-order valence-electron chi connectivity index (χ3n) is 3.15. The van der Waals surface area contributed by atoms with Crippen LogP contribution >= 0.6 is 0 Å². The Labute approximate surface area is 102 Å². The Kier molecular flexibility index (Phi) is 4.51. The summed E-state index contributed by atoms with van der Waals surface area (Å²) in [6.45, 7) is 4.16. The second-order valence-corrected chi connectivity index (χ2v) is 5.18. The van der Waals surface area contributed by atoms with Gasteiger partial charge in [0.25, 0.3) is 0 Å². The number of methoxy groups -OCH3 is 1. The van der Waals surface area contributed by atoms with E-state index in [1.54, 1.807) is 7.05 Å². The van der Waals surface area contributed by atoms with Gasteiger partial charge in [0, 0.05) is 13.6 Å². The molecule has 0 aromatic rings. The van der Waals surface area contributed by atoms with Crippen molar-refractivity contribution in [3.8, 4) is 0 Å². The van der Waals surface area contributed by atoms with Gasteiger partial charge in [0.15, 0.2) is 0 Å². The molecule has 0 bridgehead atoms. The van der Waals surface area contributed by atoms with Crippen LogP contribution in [0.5, 0.6) is 0 Å². The highest BCUT2D eigenvalue weighted by Crippen LogP contribution is 2.33. The summed E-state index contributed by atoms with van der Waals surface area (Å²) in [4.78, 5) is 23.2. The van der Waals surface area contributed by atoms with Crippen LogP contribution in [-0.2, 0) is 14.3 Å². The minimum absolute atomic E-state index is 0.0376. The van der Waals surface area contributed by atoms with Crippen molar-refractivity contribution in [2.24, 2.45) is 11.3 Å². The number of nitrogens with one attached hydrogen (secondary N) is 2. The molecule has 0 aromatic carbocycles. The molecule has 0 aromatic heterocycles. The highest BCUT2D eigenvalue weighted by atomic mass is 16.5. The number of hydrogen-bond acceptors (Lipinski definition) is 4. The lowest BCUT2D eigenvalue weighted by Crippen LogP contribution is -2.48. The monoisotopic (exact) mass is 242 g/mol. The van der Waals surface area contributed by atoms with Crippen LogP contribution in [0, 0.1) is 11.3 Å². The molecule has 1 rings (SSSR count). The summed E-state index contributed by atoms with van der Waals surface area (Å²) in [7, 11) is 3.01. The Balaban J connectivity index is 2.51. The van der Waals surface area contributed by atoms with E-state index < -0.39 is 5.41 Å². The minimum atomic E-state index is -0.532. The van der Waals surface area contributed by atoms with Gasteiger partial charge < -0.3 is 15.4 Å². The van der Waals surface area contributed by atoms with Crippen LogP contribution in [-0.4, -0.2) is 38.6 Å². The maximum Gasteiger partial charge on any atom is 0.323 e. The second-order valence-electron chi connectivity index (χ2n) is 5.18. The Bertz CT molecular complexity index is 298. The van der Waals surface area contributed by atoms with E-state index in [1.165, 1.54) is 7.11 Å². The smallest absolute Gasteiger partial charge is 0.323 e. The molecule has 2 N–H and O–H groups in total. The molecule has 17 heavy (non-hydrogen) atoms. The Morgan fingerprint density at radius 3 is 2.41 bits per heavy atom. The summed E-state index contributed by atoms with van der Waals surface area (Å²) in [6.07, 6.45) is 2.10. The van der Waals surface area contributed by atoms with E-state index in [4.69, 9.17) is 4.74 Å². The fraction of sp³-hybridized carbons (Fsp3) is 0.833. The number of amides is 1. The first-order valence-corrected chi connectivity index (χ1v) is 5.95. The lowest BCUT2D eigenvalue weighted by molar-refractivity contribution is -0.144. The van der Waals surface area contributed by atoms with E-state index >= 15 is 0 Å². The molecule has 1 saturated carbocycles. The normalized spacial score (nSPS) is 17.4. The predicted molar refractivity (Wildman–Crippen MR) is 64.4 cm³/mol. The van der Waals surface area contributed by atoms with Crippen molar-refractivity contribution < 1.29 is 14.3 Å². The molecular formula is C12H22N2O3. The second kappa shape index (κ2) is 5.49. The van der Waals surface area contributed by atoms with Crippen molar-refractivity contribution in [2.75, 3.05) is 20.7 Å². The quantitative estimate of drug-likeness (QED) is 0.657. The van der Waals surface area contributed by atoms with Crippen LogP contribution in [0.1, 0.15) is 26.7 Å². The van der Waals surface area contributed by atoms with Gasteiger partial charge >= 0.3 is 5.97 Å². The summed E-state index contributed by atoms with van der Waals surface area (Å²) in [6, 6.07) is -0.274. The first-order valence-electron chi connectivity index (χ1n) is 5.95. The first kappa shape index (κ1) is 14.0. The first-order chi connectivity index (χ1) is 7.92. The molecule has 5 heteroatoms. The molecule has 98 valence electrons.